The van der Waals surface area contributed by atoms with E-state index in [0.717, 1.165) is 57.1 Å². The van der Waals surface area contributed by atoms with Crippen molar-refractivity contribution in [2.24, 2.45) is 11.8 Å². The molecular formula is C44H72N4O5. The van der Waals surface area contributed by atoms with E-state index in [1.54, 1.807) is 23.8 Å². The maximum atomic E-state index is 14.1. The van der Waals surface area contributed by atoms with Crippen LogP contribution in [0.25, 0.3) is 0 Å². The van der Waals surface area contributed by atoms with Crippen LogP contribution in [0, 0.1) is 11.8 Å². The van der Waals surface area contributed by atoms with E-state index in [1.165, 1.54) is 32.1 Å². The average molecular weight is 737 g/mol. The van der Waals surface area contributed by atoms with Gasteiger partial charge in [0.05, 0.1) is 12.1 Å². The van der Waals surface area contributed by atoms with Gasteiger partial charge < -0.3 is 19.9 Å². The lowest BCUT2D eigenvalue weighted by Crippen LogP contribution is -2.58. The van der Waals surface area contributed by atoms with Gasteiger partial charge in [0.2, 0.25) is 17.7 Å². The average Bonchev–Trinajstić information content (AvgIpc) is 3.64. The highest BCUT2D eigenvalue weighted by Gasteiger charge is 2.39. The van der Waals surface area contributed by atoms with Crippen LogP contribution in [0.2, 0.25) is 0 Å². The maximum absolute atomic E-state index is 14.1. The van der Waals surface area contributed by atoms with Gasteiger partial charge in [-0.25, -0.2) is 4.79 Å². The SMILES string of the molecule is CCCCCCCCCC(OC(=O)[C@@H]1CCCN1C(=O)/C(C)=C/[C@H](C(C)C)N(C)C(=O)C(NC(=O)C1CCCCN1C(C)C)C(C)C)c1ccccc1. The highest BCUT2D eigenvalue weighted by molar-refractivity contribution is 5.96. The molecule has 2 saturated heterocycles. The number of piperidine rings is 1. The van der Waals surface area contributed by atoms with E-state index in [2.05, 4.69) is 31.0 Å². The molecule has 2 fully saturated rings. The Hall–Kier alpha value is -3.20. The lowest BCUT2D eigenvalue weighted by Gasteiger charge is -2.39. The van der Waals surface area contributed by atoms with E-state index in [9.17, 15) is 19.2 Å². The lowest BCUT2D eigenvalue weighted by atomic mass is 9.95. The van der Waals surface area contributed by atoms with Crippen LogP contribution in [-0.2, 0) is 23.9 Å². The molecule has 5 atom stereocenters. The zero-order valence-corrected chi connectivity index (χ0v) is 34.6. The van der Waals surface area contributed by atoms with Gasteiger partial charge in [-0.3, -0.25) is 19.3 Å². The van der Waals surface area contributed by atoms with Crippen molar-refractivity contribution in [1.29, 1.82) is 0 Å². The van der Waals surface area contributed by atoms with Gasteiger partial charge in [0.15, 0.2) is 0 Å². The number of ether oxygens (including phenoxy) is 1. The topological polar surface area (TPSA) is 99.3 Å². The van der Waals surface area contributed by atoms with Crippen LogP contribution in [0.15, 0.2) is 42.0 Å². The van der Waals surface area contributed by atoms with Crippen molar-refractivity contribution < 1.29 is 23.9 Å². The molecule has 3 unspecified atom stereocenters. The number of likely N-dealkylation sites (tertiary alicyclic amines) is 2. The first-order chi connectivity index (χ1) is 25.3. The summed E-state index contributed by atoms with van der Waals surface area (Å²) < 4.78 is 6.22. The van der Waals surface area contributed by atoms with E-state index in [1.807, 2.05) is 64.1 Å². The zero-order chi connectivity index (χ0) is 39.1. The largest absolute Gasteiger partial charge is 0.456 e. The Balaban J connectivity index is 1.70. The van der Waals surface area contributed by atoms with E-state index in [-0.39, 0.29) is 59.8 Å². The summed E-state index contributed by atoms with van der Waals surface area (Å²) in [6.07, 6.45) is 14.7. The minimum Gasteiger partial charge on any atom is -0.456 e. The number of esters is 1. The molecule has 0 radical (unpaired) electrons. The first kappa shape index (κ1) is 44.2. The van der Waals surface area contributed by atoms with E-state index in [4.69, 9.17) is 4.74 Å². The van der Waals surface area contributed by atoms with Gasteiger partial charge in [0.1, 0.15) is 18.2 Å². The van der Waals surface area contributed by atoms with Crippen molar-refractivity contribution in [2.45, 2.75) is 175 Å². The Labute approximate surface area is 321 Å². The van der Waals surface area contributed by atoms with Crippen LogP contribution in [0.5, 0.6) is 0 Å². The molecule has 298 valence electrons. The van der Waals surface area contributed by atoms with Gasteiger partial charge in [-0.05, 0) is 83.2 Å². The number of carbonyl (C=O) groups is 4. The molecule has 9 heteroatoms. The molecule has 53 heavy (non-hydrogen) atoms. The molecule has 2 aliphatic heterocycles. The van der Waals surface area contributed by atoms with Crippen LogP contribution in [0.3, 0.4) is 0 Å². The van der Waals surface area contributed by atoms with E-state index in [0.29, 0.717) is 18.5 Å². The normalized spacial score (nSPS) is 20.1. The van der Waals surface area contributed by atoms with Gasteiger partial charge in [0.25, 0.3) is 0 Å². The van der Waals surface area contributed by atoms with Crippen molar-refractivity contribution in [1.82, 2.24) is 20.0 Å². The smallest absolute Gasteiger partial charge is 0.329 e. The van der Waals surface area contributed by atoms with Crippen molar-refractivity contribution in [2.75, 3.05) is 20.1 Å². The minimum atomic E-state index is -0.689. The lowest BCUT2D eigenvalue weighted by molar-refractivity contribution is -0.158. The van der Waals surface area contributed by atoms with Crippen molar-refractivity contribution in [3.8, 4) is 0 Å². The Bertz CT molecular complexity index is 1330. The summed E-state index contributed by atoms with van der Waals surface area (Å²) in [5, 5.41) is 3.12. The third kappa shape index (κ3) is 13.0. The number of likely N-dealkylation sites (N-methyl/N-ethyl adjacent to an activating group) is 1. The van der Waals surface area contributed by atoms with Gasteiger partial charge >= 0.3 is 5.97 Å². The Morgan fingerprint density at radius 1 is 0.849 bits per heavy atom. The van der Waals surface area contributed by atoms with Crippen LogP contribution < -0.4 is 5.32 Å². The van der Waals surface area contributed by atoms with Gasteiger partial charge in [-0.1, -0.05) is 116 Å². The summed E-state index contributed by atoms with van der Waals surface area (Å²) in [6, 6.07) is 8.22. The summed E-state index contributed by atoms with van der Waals surface area (Å²) in [5.41, 5.74) is 1.48. The third-order valence-electron chi connectivity index (χ3n) is 11.3. The second kappa shape index (κ2) is 22.2. The first-order valence-corrected chi connectivity index (χ1v) is 20.9. The van der Waals surface area contributed by atoms with Gasteiger partial charge in [-0.2, -0.15) is 0 Å². The number of unbranched alkanes of at least 4 members (excludes halogenated alkanes) is 6. The number of nitrogens with zero attached hydrogens (tertiary/aromatic N) is 3. The molecule has 0 bridgehead atoms. The second-order valence-electron chi connectivity index (χ2n) is 16.5. The molecular weight excluding hydrogens is 665 g/mol. The first-order valence-electron chi connectivity index (χ1n) is 20.9. The number of hydrogen-bond donors (Lipinski definition) is 1. The summed E-state index contributed by atoms with van der Waals surface area (Å²) >= 11 is 0. The monoisotopic (exact) mass is 737 g/mol. The van der Waals surface area contributed by atoms with Crippen molar-refractivity contribution in [3.63, 3.8) is 0 Å². The summed E-state index contributed by atoms with van der Waals surface area (Å²) in [5.74, 6) is -0.942. The summed E-state index contributed by atoms with van der Waals surface area (Å²) in [6.45, 7) is 17.5. The van der Waals surface area contributed by atoms with Crippen molar-refractivity contribution >= 4 is 23.7 Å². The Kier molecular flexibility index (Phi) is 18.5. The molecule has 2 heterocycles. The van der Waals surface area contributed by atoms with E-state index >= 15 is 0 Å². The fourth-order valence-corrected chi connectivity index (χ4v) is 8.01. The van der Waals surface area contributed by atoms with Crippen LogP contribution >= 0.6 is 0 Å². The molecule has 0 aromatic heterocycles. The van der Waals surface area contributed by atoms with E-state index < -0.39 is 12.1 Å². The number of carbonyl (C=O) groups excluding carboxylic acids is 4. The predicted octanol–water partition coefficient (Wildman–Crippen LogP) is 8.24. The second-order valence-corrected chi connectivity index (χ2v) is 16.5. The van der Waals surface area contributed by atoms with Crippen molar-refractivity contribution in [3.05, 3.63) is 47.5 Å². The quantitative estimate of drug-likeness (QED) is 0.0823. The standard InChI is InChI=1S/C44H72N4O5/c1-10-11-12-13-14-15-19-27-39(35-23-17-16-18-24-35)53-44(52)37-26-22-29-48(37)42(50)34(8)30-38(31(2)3)46(9)43(51)40(32(4)5)45-41(49)36-25-20-21-28-47(36)33(6)7/h16-18,23-24,30-33,36-40H,10-15,19-22,25-29H2,1-9H3,(H,45,49)/b34-30+/t36?,37-,38+,39?,40?/m0/s1. The van der Waals surface area contributed by atoms with Crippen LogP contribution in [0.4, 0.5) is 0 Å². The number of nitrogens with one attached hydrogen (secondary N) is 1. The fraction of sp³-hybridized carbons (Fsp3) is 0.727. The van der Waals surface area contributed by atoms with Gasteiger partial charge in [0, 0.05) is 25.2 Å². The maximum Gasteiger partial charge on any atom is 0.329 e. The number of hydrogen-bond acceptors (Lipinski definition) is 6. The predicted molar refractivity (Wildman–Crippen MR) is 214 cm³/mol. The third-order valence-corrected chi connectivity index (χ3v) is 11.3. The number of amides is 3. The summed E-state index contributed by atoms with van der Waals surface area (Å²) in [4.78, 5) is 61.1. The molecule has 1 N–H and O–H groups in total. The molecule has 3 amide bonds. The van der Waals surface area contributed by atoms with Crippen LogP contribution in [0.1, 0.15) is 151 Å². The molecule has 0 spiro atoms. The molecule has 1 aromatic carbocycles. The Morgan fingerprint density at radius 3 is 2.11 bits per heavy atom. The number of rotatable bonds is 20. The molecule has 2 aliphatic rings. The fourth-order valence-electron chi connectivity index (χ4n) is 8.01. The molecule has 3 rings (SSSR count). The highest BCUT2D eigenvalue weighted by atomic mass is 16.5. The Morgan fingerprint density at radius 2 is 1.49 bits per heavy atom. The zero-order valence-electron chi connectivity index (χ0n) is 34.6. The molecule has 9 nitrogen and oxygen atoms in total. The summed E-state index contributed by atoms with van der Waals surface area (Å²) in [7, 11) is 1.76. The molecule has 0 aliphatic carbocycles. The number of benzene rings is 1. The molecule has 0 saturated carbocycles. The van der Waals surface area contributed by atoms with Crippen LogP contribution in [-0.4, -0.2) is 88.7 Å². The molecule has 1 aromatic rings. The van der Waals surface area contributed by atoms with Gasteiger partial charge in [-0.15, -0.1) is 0 Å². The minimum absolute atomic E-state index is 0.00241. The highest BCUT2D eigenvalue weighted by Crippen LogP contribution is 2.29.